The first-order valence-electron chi connectivity index (χ1n) is 5.21. The monoisotopic (exact) mass is 255 g/mol. The summed E-state index contributed by atoms with van der Waals surface area (Å²) in [5.74, 6) is 2.32. The Balaban J connectivity index is 2.46. The molecule has 1 aliphatic rings. The second kappa shape index (κ2) is 4.74. The molecule has 0 spiro atoms. The molecule has 1 aliphatic heterocycles. The minimum Gasteiger partial charge on any atom is -0.368 e. The van der Waals surface area contributed by atoms with Gasteiger partial charge in [0, 0.05) is 24.6 Å². The molecule has 1 fully saturated rings. The van der Waals surface area contributed by atoms with E-state index in [2.05, 4.69) is 9.97 Å². The zero-order chi connectivity index (χ0) is 12.4. The van der Waals surface area contributed by atoms with Crippen molar-refractivity contribution in [3.63, 3.8) is 0 Å². The molecule has 1 aromatic rings. The van der Waals surface area contributed by atoms with Crippen molar-refractivity contribution < 1.29 is 4.92 Å². The molecule has 0 unspecified atom stereocenters. The van der Waals surface area contributed by atoms with Crippen LogP contribution in [0.5, 0.6) is 0 Å². The summed E-state index contributed by atoms with van der Waals surface area (Å²) in [6.07, 6.45) is 0. The summed E-state index contributed by atoms with van der Waals surface area (Å²) < 4.78 is 0. The highest BCUT2D eigenvalue weighted by molar-refractivity contribution is 7.99. The number of aryl methyl sites for hydroxylation is 1. The molecule has 0 amide bonds. The molecule has 1 aromatic heterocycles. The van der Waals surface area contributed by atoms with E-state index >= 15 is 0 Å². The number of nitrogens with zero attached hydrogens (tertiary/aromatic N) is 4. The third-order valence-electron chi connectivity index (χ3n) is 2.55. The smallest absolute Gasteiger partial charge is 0.332 e. The second-order valence-electron chi connectivity index (χ2n) is 3.70. The van der Waals surface area contributed by atoms with E-state index in [1.54, 1.807) is 6.92 Å². The maximum atomic E-state index is 11.0. The van der Waals surface area contributed by atoms with Crippen LogP contribution >= 0.6 is 11.8 Å². The lowest BCUT2D eigenvalue weighted by atomic mass is 10.3. The zero-order valence-electron chi connectivity index (χ0n) is 9.42. The fraction of sp³-hybridized carbons (Fsp3) is 0.556. The molecule has 2 heterocycles. The van der Waals surface area contributed by atoms with Crippen molar-refractivity contribution in [3.8, 4) is 0 Å². The van der Waals surface area contributed by atoms with Gasteiger partial charge in [-0.2, -0.15) is 16.7 Å². The lowest BCUT2D eigenvalue weighted by Crippen LogP contribution is -2.34. The van der Waals surface area contributed by atoms with Gasteiger partial charge < -0.3 is 10.6 Å². The summed E-state index contributed by atoms with van der Waals surface area (Å²) >= 11 is 1.83. The van der Waals surface area contributed by atoms with Crippen molar-refractivity contribution in [2.75, 3.05) is 35.2 Å². The van der Waals surface area contributed by atoms with Crippen molar-refractivity contribution in [2.45, 2.75) is 6.92 Å². The van der Waals surface area contributed by atoms with Gasteiger partial charge in [0.15, 0.2) is 0 Å². The van der Waals surface area contributed by atoms with E-state index in [1.165, 1.54) is 0 Å². The van der Waals surface area contributed by atoms with Crippen LogP contribution in [0, 0.1) is 17.0 Å². The SMILES string of the molecule is Cc1nc(N)nc(N2CCSCC2)c1[N+](=O)[O-]. The van der Waals surface area contributed by atoms with Crippen molar-refractivity contribution in [3.05, 3.63) is 15.8 Å². The predicted octanol–water partition coefficient (Wildman–Crippen LogP) is 0.829. The number of anilines is 2. The van der Waals surface area contributed by atoms with Gasteiger partial charge >= 0.3 is 5.69 Å². The minimum absolute atomic E-state index is 0.0360. The quantitative estimate of drug-likeness (QED) is 0.617. The van der Waals surface area contributed by atoms with Crippen LogP contribution in [0.25, 0.3) is 0 Å². The molecule has 8 heteroatoms. The van der Waals surface area contributed by atoms with Crippen LogP contribution < -0.4 is 10.6 Å². The largest absolute Gasteiger partial charge is 0.368 e. The third kappa shape index (κ3) is 2.41. The molecule has 92 valence electrons. The number of nitrogens with two attached hydrogens (primary N) is 1. The highest BCUT2D eigenvalue weighted by atomic mass is 32.2. The Morgan fingerprint density at radius 2 is 2.06 bits per heavy atom. The van der Waals surface area contributed by atoms with E-state index < -0.39 is 4.92 Å². The van der Waals surface area contributed by atoms with Gasteiger partial charge in [-0.1, -0.05) is 0 Å². The summed E-state index contributed by atoms with van der Waals surface area (Å²) in [5, 5.41) is 11.0. The van der Waals surface area contributed by atoms with Gasteiger partial charge in [-0.15, -0.1) is 0 Å². The number of hydrogen-bond donors (Lipinski definition) is 1. The Hall–Kier alpha value is -1.57. The van der Waals surface area contributed by atoms with Crippen LogP contribution in [-0.4, -0.2) is 39.5 Å². The highest BCUT2D eigenvalue weighted by Crippen LogP contribution is 2.30. The number of nitrogen functional groups attached to an aromatic ring is 1. The first-order valence-corrected chi connectivity index (χ1v) is 6.36. The molecular formula is C9H13N5O2S. The Labute approximate surface area is 103 Å². The molecular weight excluding hydrogens is 242 g/mol. The van der Waals surface area contributed by atoms with Crippen LogP contribution in [0.15, 0.2) is 0 Å². The Morgan fingerprint density at radius 3 is 2.65 bits per heavy atom. The van der Waals surface area contributed by atoms with Gasteiger partial charge in [0.05, 0.1) is 4.92 Å². The van der Waals surface area contributed by atoms with E-state index in [9.17, 15) is 10.1 Å². The summed E-state index contributed by atoms with van der Waals surface area (Å²) in [6.45, 7) is 3.08. The number of rotatable bonds is 2. The molecule has 2 rings (SSSR count). The van der Waals surface area contributed by atoms with Crippen LogP contribution in [0.2, 0.25) is 0 Å². The second-order valence-corrected chi connectivity index (χ2v) is 4.92. The van der Waals surface area contributed by atoms with Crippen molar-refractivity contribution in [1.29, 1.82) is 0 Å². The number of thioether (sulfide) groups is 1. The van der Waals surface area contributed by atoms with Gasteiger partial charge in [0.1, 0.15) is 5.69 Å². The minimum atomic E-state index is -0.439. The van der Waals surface area contributed by atoms with Crippen molar-refractivity contribution in [1.82, 2.24) is 9.97 Å². The van der Waals surface area contributed by atoms with Gasteiger partial charge in [-0.25, -0.2) is 4.98 Å². The van der Waals surface area contributed by atoms with E-state index in [0.29, 0.717) is 11.5 Å². The number of nitro groups is 1. The van der Waals surface area contributed by atoms with E-state index in [0.717, 1.165) is 24.6 Å². The number of hydrogen-bond acceptors (Lipinski definition) is 7. The van der Waals surface area contributed by atoms with Crippen LogP contribution in [0.4, 0.5) is 17.5 Å². The van der Waals surface area contributed by atoms with Crippen LogP contribution in [-0.2, 0) is 0 Å². The van der Waals surface area contributed by atoms with E-state index in [-0.39, 0.29) is 11.6 Å². The molecule has 17 heavy (non-hydrogen) atoms. The fourth-order valence-electron chi connectivity index (χ4n) is 1.78. The maximum absolute atomic E-state index is 11.0. The lowest BCUT2D eigenvalue weighted by Gasteiger charge is -2.27. The lowest BCUT2D eigenvalue weighted by molar-refractivity contribution is -0.385. The van der Waals surface area contributed by atoms with Gasteiger partial charge in [-0.05, 0) is 6.92 Å². The number of aromatic nitrogens is 2. The van der Waals surface area contributed by atoms with E-state index in [1.807, 2.05) is 16.7 Å². The van der Waals surface area contributed by atoms with Crippen LogP contribution in [0.3, 0.4) is 0 Å². The topological polar surface area (TPSA) is 98.2 Å². The zero-order valence-corrected chi connectivity index (χ0v) is 10.2. The average Bonchev–Trinajstić information content (AvgIpc) is 2.28. The first-order chi connectivity index (χ1) is 8.09. The standard InChI is InChI=1S/C9H13N5O2S/c1-6-7(14(15)16)8(12-9(10)11-6)13-2-4-17-5-3-13/h2-5H2,1H3,(H2,10,11,12). The maximum Gasteiger partial charge on any atom is 0.332 e. The summed E-state index contributed by atoms with van der Waals surface area (Å²) in [5.41, 5.74) is 5.84. The molecule has 0 radical (unpaired) electrons. The first kappa shape index (κ1) is 11.9. The Morgan fingerprint density at radius 1 is 1.41 bits per heavy atom. The predicted molar refractivity (Wildman–Crippen MR) is 67.4 cm³/mol. The summed E-state index contributed by atoms with van der Waals surface area (Å²) in [4.78, 5) is 20.4. The van der Waals surface area contributed by atoms with Crippen LogP contribution in [0.1, 0.15) is 5.69 Å². The van der Waals surface area contributed by atoms with Crippen molar-refractivity contribution in [2.24, 2.45) is 0 Å². The molecule has 0 saturated carbocycles. The Kier molecular flexibility index (Phi) is 3.32. The molecule has 0 atom stereocenters. The fourth-order valence-corrected chi connectivity index (χ4v) is 2.69. The van der Waals surface area contributed by atoms with Gasteiger partial charge in [0.25, 0.3) is 0 Å². The van der Waals surface area contributed by atoms with Crippen molar-refractivity contribution >= 4 is 29.2 Å². The van der Waals surface area contributed by atoms with Gasteiger partial charge in [0.2, 0.25) is 11.8 Å². The molecule has 0 bridgehead atoms. The molecule has 7 nitrogen and oxygen atoms in total. The highest BCUT2D eigenvalue weighted by Gasteiger charge is 2.26. The van der Waals surface area contributed by atoms with E-state index in [4.69, 9.17) is 5.73 Å². The molecule has 0 aliphatic carbocycles. The van der Waals surface area contributed by atoms with Gasteiger partial charge in [-0.3, -0.25) is 10.1 Å². The Bertz CT molecular complexity index is 447. The normalized spacial score (nSPS) is 15.9. The molecule has 2 N–H and O–H groups in total. The summed E-state index contributed by atoms with van der Waals surface area (Å²) in [6, 6.07) is 0. The molecule has 0 aromatic carbocycles. The average molecular weight is 255 g/mol. The third-order valence-corrected chi connectivity index (χ3v) is 3.49. The summed E-state index contributed by atoms with van der Waals surface area (Å²) in [7, 11) is 0. The molecule has 1 saturated heterocycles.